The van der Waals surface area contributed by atoms with Crippen LogP contribution in [0.4, 0.5) is 0 Å². The van der Waals surface area contributed by atoms with Crippen molar-refractivity contribution in [1.82, 2.24) is 0 Å². The minimum absolute atomic E-state index is 0.0958. The van der Waals surface area contributed by atoms with E-state index in [4.69, 9.17) is 14.2 Å². The molecule has 0 saturated carbocycles. The third kappa shape index (κ3) is 1.80. The van der Waals surface area contributed by atoms with E-state index >= 15 is 0 Å². The molecule has 1 aromatic rings. The highest BCUT2D eigenvalue weighted by molar-refractivity contribution is 6.19. The van der Waals surface area contributed by atoms with E-state index < -0.39 is 5.97 Å². The summed E-state index contributed by atoms with van der Waals surface area (Å²) in [4.78, 5) is 11.5. The van der Waals surface area contributed by atoms with E-state index in [2.05, 4.69) is 0 Å². The molecule has 0 spiro atoms. The van der Waals surface area contributed by atoms with E-state index in [1.54, 1.807) is 18.2 Å². The van der Waals surface area contributed by atoms with Gasteiger partial charge in [-0.2, -0.15) is 0 Å². The third-order valence-corrected chi connectivity index (χ3v) is 2.50. The normalized spacial score (nSPS) is 14.8. The standard InChI is InChI=1S/C12H12O5/c1-15-9-5-3-4-7(11(9)16-2)10-8(13)6-17-12(10)14/h3-5,13H,6H2,1-2H3. The van der Waals surface area contributed by atoms with Crippen LogP contribution in [0.3, 0.4) is 0 Å². The fraction of sp³-hybridized carbons (Fsp3) is 0.250. The summed E-state index contributed by atoms with van der Waals surface area (Å²) in [5, 5.41) is 9.63. The van der Waals surface area contributed by atoms with Gasteiger partial charge in [-0.25, -0.2) is 4.79 Å². The molecule has 5 heteroatoms. The number of benzene rings is 1. The van der Waals surface area contributed by atoms with Gasteiger partial charge >= 0.3 is 5.97 Å². The van der Waals surface area contributed by atoms with Crippen LogP contribution in [-0.2, 0) is 9.53 Å². The monoisotopic (exact) mass is 236 g/mol. The summed E-state index contributed by atoms with van der Waals surface area (Å²) in [6.07, 6.45) is 0. The van der Waals surface area contributed by atoms with Crippen LogP contribution in [-0.4, -0.2) is 31.9 Å². The van der Waals surface area contributed by atoms with Gasteiger partial charge in [0.15, 0.2) is 11.5 Å². The molecule has 0 unspecified atom stereocenters. The first-order valence-corrected chi connectivity index (χ1v) is 4.99. The predicted molar refractivity (Wildman–Crippen MR) is 60.1 cm³/mol. The van der Waals surface area contributed by atoms with Gasteiger partial charge in [0, 0.05) is 5.56 Å². The molecule has 0 amide bonds. The predicted octanol–water partition coefficient (Wildman–Crippen LogP) is 1.53. The zero-order chi connectivity index (χ0) is 12.4. The molecular weight excluding hydrogens is 224 g/mol. The lowest BCUT2D eigenvalue weighted by molar-refractivity contribution is -0.134. The zero-order valence-electron chi connectivity index (χ0n) is 9.52. The summed E-state index contributed by atoms with van der Waals surface area (Å²) >= 11 is 0. The molecule has 17 heavy (non-hydrogen) atoms. The second-order valence-corrected chi connectivity index (χ2v) is 3.44. The van der Waals surface area contributed by atoms with Gasteiger partial charge < -0.3 is 19.3 Å². The number of cyclic esters (lactones) is 1. The summed E-state index contributed by atoms with van der Waals surface area (Å²) in [5.41, 5.74) is 0.590. The van der Waals surface area contributed by atoms with Crippen LogP contribution >= 0.6 is 0 Å². The molecule has 1 N–H and O–H groups in total. The Labute approximate surface area is 98.2 Å². The van der Waals surface area contributed by atoms with E-state index in [0.717, 1.165) is 0 Å². The smallest absolute Gasteiger partial charge is 0.342 e. The number of aliphatic hydroxyl groups excluding tert-OH is 1. The van der Waals surface area contributed by atoms with Gasteiger partial charge in [0.05, 0.1) is 14.2 Å². The third-order valence-electron chi connectivity index (χ3n) is 2.50. The number of para-hydroxylation sites is 1. The summed E-state index contributed by atoms with van der Waals surface area (Å²) in [5.74, 6) is 0.232. The van der Waals surface area contributed by atoms with Gasteiger partial charge in [0.25, 0.3) is 0 Å². The Morgan fingerprint density at radius 3 is 2.59 bits per heavy atom. The average molecular weight is 236 g/mol. The number of ether oxygens (including phenoxy) is 3. The molecule has 2 rings (SSSR count). The van der Waals surface area contributed by atoms with Crippen LogP contribution in [0.1, 0.15) is 5.56 Å². The SMILES string of the molecule is COc1cccc(C2=C(O)COC2=O)c1OC. The summed E-state index contributed by atoms with van der Waals surface area (Å²) in [6, 6.07) is 5.09. The second kappa shape index (κ2) is 4.37. The molecule has 5 nitrogen and oxygen atoms in total. The Balaban J connectivity index is 2.60. The van der Waals surface area contributed by atoms with Crippen molar-refractivity contribution in [3.05, 3.63) is 29.5 Å². The first-order chi connectivity index (χ1) is 8.19. The number of esters is 1. The molecule has 0 bridgehead atoms. The number of carbonyl (C=O) groups is 1. The first kappa shape index (κ1) is 11.3. The average Bonchev–Trinajstić information content (AvgIpc) is 2.68. The van der Waals surface area contributed by atoms with E-state index in [9.17, 15) is 9.90 Å². The van der Waals surface area contributed by atoms with Crippen molar-refractivity contribution >= 4 is 11.5 Å². The molecule has 90 valence electrons. The highest BCUT2D eigenvalue weighted by Gasteiger charge is 2.29. The number of aliphatic hydroxyl groups is 1. The minimum Gasteiger partial charge on any atom is -0.508 e. The molecule has 0 atom stereocenters. The lowest BCUT2D eigenvalue weighted by Gasteiger charge is -2.11. The molecule has 0 aromatic heterocycles. The van der Waals surface area contributed by atoms with Crippen LogP contribution in [0.5, 0.6) is 11.5 Å². The first-order valence-electron chi connectivity index (χ1n) is 4.99. The highest BCUT2D eigenvalue weighted by atomic mass is 16.5. The van der Waals surface area contributed by atoms with E-state index in [1.807, 2.05) is 0 Å². The molecule has 1 aromatic carbocycles. The Kier molecular flexibility index (Phi) is 2.91. The Morgan fingerprint density at radius 1 is 1.29 bits per heavy atom. The van der Waals surface area contributed by atoms with E-state index in [1.165, 1.54) is 14.2 Å². The molecule has 1 aliphatic rings. The number of carbonyl (C=O) groups excluding carboxylic acids is 1. The number of hydrogen-bond acceptors (Lipinski definition) is 5. The van der Waals surface area contributed by atoms with Gasteiger partial charge in [-0.1, -0.05) is 6.07 Å². The second-order valence-electron chi connectivity index (χ2n) is 3.44. The largest absolute Gasteiger partial charge is 0.508 e. The lowest BCUT2D eigenvalue weighted by atomic mass is 10.0. The van der Waals surface area contributed by atoms with Gasteiger partial charge in [0.2, 0.25) is 0 Å². The zero-order valence-corrected chi connectivity index (χ0v) is 9.52. The van der Waals surface area contributed by atoms with Crippen molar-refractivity contribution in [3.8, 4) is 11.5 Å². The maximum absolute atomic E-state index is 11.5. The quantitative estimate of drug-likeness (QED) is 0.806. The molecule has 1 aliphatic heterocycles. The van der Waals surface area contributed by atoms with Crippen LogP contribution < -0.4 is 9.47 Å². The lowest BCUT2D eigenvalue weighted by Crippen LogP contribution is -2.02. The van der Waals surface area contributed by atoms with Crippen molar-refractivity contribution in [2.24, 2.45) is 0 Å². The van der Waals surface area contributed by atoms with Gasteiger partial charge in [-0.15, -0.1) is 0 Å². The Bertz CT molecular complexity index is 490. The Morgan fingerprint density at radius 2 is 2.06 bits per heavy atom. The summed E-state index contributed by atoms with van der Waals surface area (Å²) in [6.45, 7) is -0.103. The highest BCUT2D eigenvalue weighted by Crippen LogP contribution is 2.37. The van der Waals surface area contributed by atoms with Gasteiger partial charge in [-0.3, -0.25) is 0 Å². The van der Waals surface area contributed by atoms with Gasteiger partial charge in [0.1, 0.15) is 17.9 Å². The van der Waals surface area contributed by atoms with Crippen LogP contribution in [0.25, 0.3) is 5.57 Å². The molecule has 0 radical (unpaired) electrons. The summed E-state index contributed by atoms with van der Waals surface area (Å²) < 4.78 is 15.1. The van der Waals surface area contributed by atoms with Crippen molar-refractivity contribution in [1.29, 1.82) is 0 Å². The molecule has 0 fully saturated rings. The topological polar surface area (TPSA) is 65.0 Å². The maximum atomic E-state index is 11.5. The van der Waals surface area contributed by atoms with Crippen molar-refractivity contribution in [3.63, 3.8) is 0 Å². The van der Waals surface area contributed by atoms with Crippen LogP contribution in [0, 0.1) is 0 Å². The molecule has 0 saturated heterocycles. The van der Waals surface area contributed by atoms with Gasteiger partial charge in [-0.05, 0) is 12.1 Å². The fourth-order valence-electron chi connectivity index (χ4n) is 1.75. The number of rotatable bonds is 3. The summed E-state index contributed by atoms with van der Waals surface area (Å²) in [7, 11) is 2.97. The molecular formula is C12H12O5. The van der Waals surface area contributed by atoms with Crippen molar-refractivity contribution < 1.29 is 24.1 Å². The number of methoxy groups -OCH3 is 2. The maximum Gasteiger partial charge on any atom is 0.342 e. The molecule has 1 heterocycles. The Hall–Kier alpha value is -2.17. The minimum atomic E-state index is -0.561. The van der Waals surface area contributed by atoms with Crippen LogP contribution in [0.2, 0.25) is 0 Å². The van der Waals surface area contributed by atoms with E-state index in [0.29, 0.717) is 17.1 Å². The van der Waals surface area contributed by atoms with Crippen molar-refractivity contribution in [2.45, 2.75) is 0 Å². The number of hydrogen-bond donors (Lipinski definition) is 1. The van der Waals surface area contributed by atoms with Crippen LogP contribution in [0.15, 0.2) is 24.0 Å². The molecule has 0 aliphatic carbocycles. The fourth-order valence-corrected chi connectivity index (χ4v) is 1.75. The van der Waals surface area contributed by atoms with E-state index in [-0.39, 0.29) is 17.9 Å². The van der Waals surface area contributed by atoms with Crippen molar-refractivity contribution in [2.75, 3.05) is 20.8 Å².